The number of hydrogen-bond acceptors (Lipinski definition) is 3. The molecule has 1 aliphatic heterocycles. The Balaban J connectivity index is 1.40. The van der Waals surface area contributed by atoms with Crippen LogP contribution in [0.15, 0.2) is 54.6 Å². The van der Waals surface area contributed by atoms with Crippen LogP contribution in [0.4, 0.5) is 0 Å². The Morgan fingerprint density at radius 1 is 0.914 bits per heavy atom. The summed E-state index contributed by atoms with van der Waals surface area (Å²) in [6, 6.07) is 18.2. The van der Waals surface area contributed by atoms with E-state index in [1.165, 1.54) is 18.4 Å². The number of amides is 2. The lowest BCUT2D eigenvalue weighted by Crippen LogP contribution is -2.58. The van der Waals surface area contributed by atoms with Crippen LogP contribution in [0.2, 0.25) is 0 Å². The predicted molar refractivity (Wildman–Crippen MR) is 141 cm³/mol. The number of piperazine rings is 1. The average Bonchev–Trinajstić information content (AvgIpc) is 3.39. The number of carbonyl (C=O) groups is 2. The lowest BCUT2D eigenvalue weighted by molar-refractivity contribution is -0.139. The molecule has 5 nitrogen and oxygen atoms in total. The second kappa shape index (κ2) is 10.9. The second-order valence-corrected chi connectivity index (χ2v) is 11.3. The van der Waals surface area contributed by atoms with Crippen LogP contribution in [0.5, 0.6) is 0 Å². The topological polar surface area (TPSA) is 43.9 Å². The third-order valence-electron chi connectivity index (χ3n) is 7.73. The third-order valence-corrected chi connectivity index (χ3v) is 7.73. The summed E-state index contributed by atoms with van der Waals surface area (Å²) in [7, 11) is 1.93. The van der Waals surface area contributed by atoms with Gasteiger partial charge in [-0.05, 0) is 47.4 Å². The van der Waals surface area contributed by atoms with Crippen molar-refractivity contribution in [1.82, 2.24) is 14.7 Å². The fourth-order valence-corrected chi connectivity index (χ4v) is 5.59. The molecule has 0 radical (unpaired) electrons. The van der Waals surface area contributed by atoms with Crippen molar-refractivity contribution in [1.29, 1.82) is 0 Å². The van der Waals surface area contributed by atoms with E-state index in [9.17, 15) is 9.59 Å². The molecule has 2 aromatic rings. The summed E-state index contributed by atoms with van der Waals surface area (Å²) in [5.74, 6) is 0.723. The van der Waals surface area contributed by atoms with Crippen LogP contribution in [0, 0.1) is 5.92 Å². The maximum atomic E-state index is 13.7. The highest BCUT2D eigenvalue weighted by Gasteiger charge is 2.38. The van der Waals surface area contributed by atoms with Gasteiger partial charge >= 0.3 is 0 Å². The van der Waals surface area contributed by atoms with Crippen molar-refractivity contribution in [3.63, 3.8) is 0 Å². The summed E-state index contributed by atoms with van der Waals surface area (Å²) in [6.45, 7) is 10.0. The minimum absolute atomic E-state index is 0.0721. The van der Waals surface area contributed by atoms with Gasteiger partial charge in [-0.3, -0.25) is 14.5 Å². The van der Waals surface area contributed by atoms with Gasteiger partial charge in [0.05, 0.1) is 6.04 Å². The normalized spacial score (nSPS) is 18.5. The number of nitrogens with zero attached hydrogens (tertiary/aromatic N) is 3. The largest absolute Gasteiger partial charge is 0.340 e. The van der Waals surface area contributed by atoms with Gasteiger partial charge in [-0.25, -0.2) is 0 Å². The molecule has 1 saturated carbocycles. The Morgan fingerprint density at radius 2 is 1.51 bits per heavy atom. The van der Waals surface area contributed by atoms with E-state index in [4.69, 9.17) is 0 Å². The molecule has 188 valence electrons. The maximum Gasteiger partial charge on any atom is 0.253 e. The number of likely N-dealkylation sites (N-methyl/N-ethyl adjacent to an activating group) is 1. The summed E-state index contributed by atoms with van der Waals surface area (Å²) >= 11 is 0. The molecule has 1 heterocycles. The Morgan fingerprint density at radius 3 is 2.09 bits per heavy atom. The van der Waals surface area contributed by atoms with Gasteiger partial charge in [0.15, 0.2) is 0 Å². The predicted octanol–water partition coefficient (Wildman–Crippen LogP) is 4.96. The highest BCUT2D eigenvalue weighted by atomic mass is 16.2. The van der Waals surface area contributed by atoms with E-state index in [0.29, 0.717) is 25.6 Å². The summed E-state index contributed by atoms with van der Waals surface area (Å²) in [5.41, 5.74) is 3.21. The fourth-order valence-electron chi connectivity index (χ4n) is 5.59. The first kappa shape index (κ1) is 25.4. The van der Waals surface area contributed by atoms with Crippen LogP contribution >= 0.6 is 0 Å². The van der Waals surface area contributed by atoms with Gasteiger partial charge in [0.1, 0.15) is 0 Å². The summed E-state index contributed by atoms with van der Waals surface area (Å²) < 4.78 is 0. The molecule has 0 unspecified atom stereocenters. The van der Waals surface area contributed by atoms with E-state index < -0.39 is 0 Å². The van der Waals surface area contributed by atoms with Crippen LogP contribution in [0.3, 0.4) is 0 Å². The first-order valence-electron chi connectivity index (χ1n) is 13.2. The SMILES string of the molecule is CN(Cc1ccccc1)C(=O)[C@@H](C1CCCC1)N1CCN(C(=O)c2ccc(C(C)(C)C)cc2)CC1. The van der Waals surface area contributed by atoms with Crippen molar-refractivity contribution in [2.24, 2.45) is 5.92 Å². The van der Waals surface area contributed by atoms with Gasteiger partial charge in [0.2, 0.25) is 5.91 Å². The van der Waals surface area contributed by atoms with Gasteiger partial charge in [0.25, 0.3) is 5.91 Å². The van der Waals surface area contributed by atoms with Crippen LogP contribution < -0.4 is 0 Å². The van der Waals surface area contributed by atoms with Crippen LogP contribution in [-0.2, 0) is 16.8 Å². The van der Waals surface area contributed by atoms with Crippen molar-refractivity contribution in [3.05, 3.63) is 71.3 Å². The van der Waals surface area contributed by atoms with E-state index in [-0.39, 0.29) is 23.3 Å². The van der Waals surface area contributed by atoms with E-state index in [2.05, 4.69) is 49.9 Å². The standard InChI is InChI=1S/C30H41N3O2/c1-30(2,3)26-16-14-25(15-17-26)28(34)33-20-18-32(19-21-33)27(24-12-8-9-13-24)29(35)31(4)22-23-10-6-5-7-11-23/h5-7,10-11,14-17,24,27H,8-9,12-13,18-22H2,1-4H3/t27-/m1/s1. The fraction of sp³-hybridized carbons (Fsp3) is 0.533. The molecular weight excluding hydrogens is 434 g/mol. The summed E-state index contributed by atoms with van der Waals surface area (Å²) in [5, 5.41) is 0. The highest BCUT2D eigenvalue weighted by molar-refractivity contribution is 5.94. The molecule has 0 aromatic heterocycles. The molecule has 2 amide bonds. The molecule has 1 saturated heterocycles. The van der Waals surface area contributed by atoms with Crippen LogP contribution in [-0.4, -0.2) is 65.8 Å². The Hall–Kier alpha value is -2.66. The Kier molecular flexibility index (Phi) is 7.95. The average molecular weight is 476 g/mol. The molecule has 5 heteroatoms. The Labute approximate surface area is 211 Å². The highest BCUT2D eigenvalue weighted by Crippen LogP contribution is 2.32. The molecule has 0 N–H and O–H groups in total. The molecule has 1 aliphatic carbocycles. The summed E-state index contributed by atoms with van der Waals surface area (Å²) in [4.78, 5) is 33.1. The van der Waals surface area contributed by atoms with Crippen LogP contribution in [0.25, 0.3) is 0 Å². The molecule has 2 fully saturated rings. The molecule has 0 bridgehead atoms. The van der Waals surface area contributed by atoms with E-state index >= 15 is 0 Å². The number of carbonyl (C=O) groups excluding carboxylic acids is 2. The van der Waals surface area contributed by atoms with Crippen molar-refractivity contribution in [2.75, 3.05) is 33.2 Å². The van der Waals surface area contributed by atoms with Crippen molar-refractivity contribution in [3.8, 4) is 0 Å². The van der Waals surface area contributed by atoms with Crippen molar-refractivity contribution in [2.45, 2.75) is 64.5 Å². The zero-order chi connectivity index (χ0) is 25.0. The van der Waals surface area contributed by atoms with Crippen molar-refractivity contribution < 1.29 is 9.59 Å². The molecule has 1 atom stereocenters. The van der Waals surface area contributed by atoms with E-state index in [1.54, 1.807) is 0 Å². The molecule has 4 rings (SSSR count). The first-order chi connectivity index (χ1) is 16.7. The van der Waals surface area contributed by atoms with Crippen molar-refractivity contribution >= 4 is 11.8 Å². The molecule has 2 aliphatic rings. The number of rotatable bonds is 6. The lowest BCUT2D eigenvalue weighted by Gasteiger charge is -2.42. The van der Waals surface area contributed by atoms with E-state index in [0.717, 1.165) is 37.1 Å². The maximum absolute atomic E-state index is 13.7. The van der Waals surface area contributed by atoms with Crippen LogP contribution in [0.1, 0.15) is 67.9 Å². The first-order valence-corrected chi connectivity index (χ1v) is 13.2. The van der Waals surface area contributed by atoms with Gasteiger partial charge in [0, 0.05) is 45.3 Å². The molecule has 0 spiro atoms. The molecular formula is C30H41N3O2. The minimum atomic E-state index is -0.0884. The second-order valence-electron chi connectivity index (χ2n) is 11.3. The zero-order valence-electron chi connectivity index (χ0n) is 21.9. The summed E-state index contributed by atoms with van der Waals surface area (Å²) in [6.07, 6.45) is 4.66. The molecule has 35 heavy (non-hydrogen) atoms. The zero-order valence-corrected chi connectivity index (χ0v) is 21.9. The quantitative estimate of drug-likeness (QED) is 0.593. The van der Waals surface area contributed by atoms with Gasteiger partial charge in [-0.15, -0.1) is 0 Å². The van der Waals surface area contributed by atoms with E-state index in [1.807, 2.05) is 47.2 Å². The Bertz CT molecular complexity index is 983. The smallest absolute Gasteiger partial charge is 0.253 e. The van der Waals surface area contributed by atoms with Gasteiger partial charge in [-0.2, -0.15) is 0 Å². The van der Waals surface area contributed by atoms with Gasteiger partial charge < -0.3 is 9.80 Å². The third kappa shape index (κ3) is 6.13. The molecule has 2 aromatic carbocycles. The van der Waals surface area contributed by atoms with Gasteiger partial charge in [-0.1, -0.05) is 76.1 Å². The lowest BCUT2D eigenvalue weighted by atomic mass is 9.86. The number of benzene rings is 2. The number of hydrogen-bond donors (Lipinski definition) is 0. The minimum Gasteiger partial charge on any atom is -0.340 e. The monoisotopic (exact) mass is 475 g/mol.